The lowest BCUT2D eigenvalue weighted by atomic mass is 10.1. The van der Waals surface area contributed by atoms with E-state index in [9.17, 15) is 0 Å². The summed E-state index contributed by atoms with van der Waals surface area (Å²) in [7, 11) is 1.92. The summed E-state index contributed by atoms with van der Waals surface area (Å²) in [5.41, 5.74) is 1.33. The summed E-state index contributed by atoms with van der Waals surface area (Å²) in [6, 6.07) is 3.63. The molecule has 0 amide bonds. The van der Waals surface area contributed by atoms with Gasteiger partial charge in [-0.05, 0) is 28.1 Å². The van der Waals surface area contributed by atoms with E-state index in [-0.39, 0.29) is 0 Å². The second kappa shape index (κ2) is 4.89. The molecule has 4 heteroatoms. The van der Waals surface area contributed by atoms with E-state index in [4.69, 9.17) is 5.41 Å². The molecule has 0 aliphatic heterocycles. The molecule has 0 saturated heterocycles. The molecule has 0 atom stereocenters. The largest absolute Gasteiger partial charge is 0.321 e. The second-order valence-corrected chi connectivity index (χ2v) is 3.31. The molecule has 1 heterocycles. The fraction of sp³-hybridized carbons (Fsp3) is 0.111. The number of hydrogen-bond donors (Lipinski definition) is 2. The van der Waals surface area contributed by atoms with Crippen molar-refractivity contribution < 1.29 is 5.32 Å². The van der Waals surface area contributed by atoms with Gasteiger partial charge in [-0.2, -0.15) is 0 Å². The normalized spacial score (nSPS) is 11.4. The van der Waals surface area contributed by atoms with Crippen molar-refractivity contribution in [1.82, 2.24) is 4.98 Å². The van der Waals surface area contributed by atoms with Gasteiger partial charge in [-0.1, -0.05) is 0 Å². The zero-order chi connectivity index (χ0) is 9.68. The minimum atomic E-state index is 0.473. The minimum Gasteiger partial charge on any atom is -0.321 e. The summed E-state index contributed by atoms with van der Waals surface area (Å²) in [4.78, 5) is 3.89. The van der Waals surface area contributed by atoms with Crippen molar-refractivity contribution in [3.8, 4) is 0 Å². The van der Waals surface area contributed by atoms with E-state index in [1.165, 1.54) is 0 Å². The summed E-state index contributed by atoms with van der Waals surface area (Å²) < 4.78 is 0.779. The highest BCUT2D eigenvalue weighted by atomic mass is 79.9. The first-order chi connectivity index (χ1) is 6.25. The molecule has 0 aromatic carbocycles. The molecule has 0 spiro atoms. The van der Waals surface area contributed by atoms with Crippen LogP contribution in [0.1, 0.15) is 5.56 Å². The Bertz CT molecular complexity index is 319. The lowest BCUT2D eigenvalue weighted by Gasteiger charge is -1.99. The van der Waals surface area contributed by atoms with Gasteiger partial charge in [0.05, 0.1) is 17.2 Å². The van der Waals surface area contributed by atoms with Crippen molar-refractivity contribution in [2.24, 2.45) is 0 Å². The van der Waals surface area contributed by atoms with E-state index < -0.39 is 0 Å². The minimum absolute atomic E-state index is 0.473. The Labute approximate surface area is 85.5 Å². The molecule has 0 radical (unpaired) electrons. The fourth-order valence-electron chi connectivity index (χ4n) is 0.886. The maximum atomic E-state index is 7.78. The van der Waals surface area contributed by atoms with Crippen LogP contribution in [0, 0.1) is 5.41 Å². The highest BCUT2D eigenvalue weighted by molar-refractivity contribution is 9.12. The number of quaternary nitrogens is 1. The molecule has 3 N–H and O–H groups in total. The summed E-state index contributed by atoms with van der Waals surface area (Å²) in [6.45, 7) is 0. The molecule has 0 aliphatic carbocycles. The van der Waals surface area contributed by atoms with Gasteiger partial charge in [-0.25, -0.2) is 0 Å². The number of pyridine rings is 1. The first kappa shape index (κ1) is 10.1. The molecule has 0 saturated carbocycles. The predicted octanol–water partition coefficient (Wildman–Crippen LogP) is 0.879. The van der Waals surface area contributed by atoms with E-state index in [1.54, 1.807) is 12.4 Å². The van der Waals surface area contributed by atoms with Crippen LogP contribution in [0.2, 0.25) is 0 Å². The predicted molar refractivity (Wildman–Crippen MR) is 55.9 cm³/mol. The number of allylic oxidation sites excluding steroid dienone is 1. The van der Waals surface area contributed by atoms with Gasteiger partial charge in [0, 0.05) is 18.0 Å². The van der Waals surface area contributed by atoms with Gasteiger partial charge in [0.15, 0.2) is 0 Å². The Morgan fingerprint density at radius 1 is 1.54 bits per heavy atom. The van der Waals surface area contributed by atoms with Crippen LogP contribution < -0.4 is 5.32 Å². The van der Waals surface area contributed by atoms with Crippen LogP contribution in [-0.2, 0) is 0 Å². The van der Waals surface area contributed by atoms with E-state index in [0.717, 1.165) is 10.0 Å². The lowest BCUT2D eigenvalue weighted by molar-refractivity contribution is -0.556. The van der Waals surface area contributed by atoms with Gasteiger partial charge in [0.2, 0.25) is 0 Å². The molecule has 0 aliphatic rings. The van der Waals surface area contributed by atoms with E-state index in [2.05, 4.69) is 20.9 Å². The molecule has 0 unspecified atom stereocenters. The SMILES string of the molecule is C[NH2+]/C=C(/Br)C(=N)c1ccncc1. The van der Waals surface area contributed by atoms with Crippen LogP contribution in [0.3, 0.4) is 0 Å². The maximum absolute atomic E-state index is 7.78. The van der Waals surface area contributed by atoms with Crippen LogP contribution in [0.5, 0.6) is 0 Å². The number of aromatic nitrogens is 1. The summed E-state index contributed by atoms with van der Waals surface area (Å²) in [5, 5.41) is 9.66. The fourth-order valence-corrected chi connectivity index (χ4v) is 1.38. The highest BCUT2D eigenvalue weighted by Crippen LogP contribution is 2.11. The first-order valence-electron chi connectivity index (χ1n) is 3.90. The van der Waals surface area contributed by atoms with Crippen LogP contribution in [0.25, 0.3) is 0 Å². The van der Waals surface area contributed by atoms with Crippen molar-refractivity contribution in [3.05, 3.63) is 40.8 Å². The van der Waals surface area contributed by atoms with Crippen molar-refractivity contribution in [1.29, 1.82) is 5.41 Å². The van der Waals surface area contributed by atoms with Crippen LogP contribution >= 0.6 is 15.9 Å². The Kier molecular flexibility index (Phi) is 3.79. The van der Waals surface area contributed by atoms with E-state index >= 15 is 0 Å². The van der Waals surface area contributed by atoms with Gasteiger partial charge in [0.1, 0.15) is 6.20 Å². The van der Waals surface area contributed by atoms with Crippen LogP contribution in [-0.4, -0.2) is 17.7 Å². The molecule has 68 valence electrons. The molecule has 1 rings (SSSR count). The number of hydrogen-bond acceptors (Lipinski definition) is 2. The summed E-state index contributed by atoms with van der Waals surface area (Å²) in [6.07, 6.45) is 5.21. The molecule has 3 nitrogen and oxygen atoms in total. The van der Waals surface area contributed by atoms with Gasteiger partial charge in [-0.3, -0.25) is 10.4 Å². The summed E-state index contributed by atoms with van der Waals surface area (Å²) in [5.74, 6) is 0. The maximum Gasteiger partial charge on any atom is 0.109 e. The average molecular weight is 241 g/mol. The zero-order valence-electron chi connectivity index (χ0n) is 7.29. The molecule has 0 fully saturated rings. The lowest BCUT2D eigenvalue weighted by Crippen LogP contribution is -2.73. The van der Waals surface area contributed by atoms with Crippen molar-refractivity contribution in [3.63, 3.8) is 0 Å². The van der Waals surface area contributed by atoms with Crippen LogP contribution in [0.15, 0.2) is 35.2 Å². The zero-order valence-corrected chi connectivity index (χ0v) is 8.88. The Morgan fingerprint density at radius 3 is 2.69 bits per heavy atom. The second-order valence-electron chi connectivity index (χ2n) is 2.46. The molecule has 13 heavy (non-hydrogen) atoms. The van der Waals surface area contributed by atoms with Gasteiger partial charge in [-0.15, -0.1) is 0 Å². The van der Waals surface area contributed by atoms with Crippen molar-refractivity contribution in [2.75, 3.05) is 7.05 Å². The third kappa shape index (κ3) is 2.75. The van der Waals surface area contributed by atoms with Crippen LogP contribution in [0.4, 0.5) is 0 Å². The number of halogens is 1. The molecule has 0 bridgehead atoms. The Morgan fingerprint density at radius 2 is 2.15 bits per heavy atom. The summed E-state index contributed by atoms with van der Waals surface area (Å²) >= 11 is 3.33. The third-order valence-corrected chi connectivity index (χ3v) is 2.18. The Hall–Kier alpha value is -1.00. The molecule has 1 aromatic heterocycles. The van der Waals surface area contributed by atoms with E-state index in [0.29, 0.717) is 5.71 Å². The van der Waals surface area contributed by atoms with Gasteiger partial charge in [0.25, 0.3) is 0 Å². The monoisotopic (exact) mass is 240 g/mol. The molecular formula is C9H11BrN3+. The Balaban J connectivity index is 2.86. The van der Waals surface area contributed by atoms with E-state index in [1.807, 2.05) is 30.7 Å². The molecule has 1 aromatic rings. The third-order valence-electron chi connectivity index (χ3n) is 1.52. The average Bonchev–Trinajstić information content (AvgIpc) is 2.18. The number of rotatable bonds is 3. The number of nitrogens with zero attached hydrogens (tertiary/aromatic N) is 1. The van der Waals surface area contributed by atoms with Gasteiger partial charge < -0.3 is 5.32 Å². The highest BCUT2D eigenvalue weighted by Gasteiger charge is 2.04. The first-order valence-corrected chi connectivity index (χ1v) is 4.69. The quantitative estimate of drug-likeness (QED) is 0.758. The topological polar surface area (TPSA) is 53.4 Å². The van der Waals surface area contributed by atoms with Crippen molar-refractivity contribution >= 4 is 21.6 Å². The van der Waals surface area contributed by atoms with Crippen molar-refractivity contribution in [2.45, 2.75) is 0 Å². The number of nitrogens with one attached hydrogen (secondary N) is 1. The van der Waals surface area contributed by atoms with Gasteiger partial charge >= 0.3 is 0 Å². The number of nitrogens with two attached hydrogens (primary N) is 1. The smallest absolute Gasteiger partial charge is 0.109 e. The molecular weight excluding hydrogens is 230 g/mol. The standard InChI is InChI=1S/C9H10BrN3/c1-12-6-8(10)9(11)7-2-4-13-5-3-7/h2-6,11-12H,1H3/p+1/b8-6+,11-9?.